The summed E-state index contributed by atoms with van der Waals surface area (Å²) in [6.45, 7) is 9.36. The van der Waals surface area contributed by atoms with Crippen molar-refractivity contribution < 1.29 is 17.6 Å². The van der Waals surface area contributed by atoms with E-state index < -0.39 is 10.0 Å². The quantitative estimate of drug-likeness (QED) is 0.886. The SMILES string of the molecule is CCNC(=O)c1oc2ccc(S(=O)(=O)N3CC(C)CC(C)C3)cc2c1C. The lowest BCUT2D eigenvalue weighted by Gasteiger charge is -2.34. The van der Waals surface area contributed by atoms with Crippen LogP contribution in [0.1, 0.15) is 43.3 Å². The molecule has 0 bridgehead atoms. The Labute approximate surface area is 154 Å². The Kier molecular flexibility index (Phi) is 5.12. The number of nitrogens with one attached hydrogen (secondary N) is 1. The van der Waals surface area contributed by atoms with E-state index in [1.54, 1.807) is 29.4 Å². The number of hydrogen-bond donors (Lipinski definition) is 1. The summed E-state index contributed by atoms with van der Waals surface area (Å²) in [7, 11) is -3.57. The average Bonchev–Trinajstić information content (AvgIpc) is 2.91. The number of carbonyl (C=O) groups excluding carboxylic acids is 1. The van der Waals surface area contributed by atoms with E-state index in [-0.39, 0.29) is 16.6 Å². The zero-order valence-electron chi connectivity index (χ0n) is 15.7. The molecule has 0 spiro atoms. The minimum absolute atomic E-state index is 0.233. The zero-order chi connectivity index (χ0) is 19.1. The van der Waals surface area contributed by atoms with Gasteiger partial charge < -0.3 is 9.73 Å². The molecule has 0 saturated carbocycles. The van der Waals surface area contributed by atoms with Crippen molar-refractivity contribution in [2.24, 2.45) is 11.8 Å². The lowest BCUT2D eigenvalue weighted by atomic mass is 9.94. The van der Waals surface area contributed by atoms with Gasteiger partial charge in [-0.25, -0.2) is 8.42 Å². The van der Waals surface area contributed by atoms with Gasteiger partial charge in [0.2, 0.25) is 10.0 Å². The van der Waals surface area contributed by atoms with Crippen molar-refractivity contribution in [3.05, 3.63) is 29.5 Å². The second kappa shape index (κ2) is 7.04. The Morgan fingerprint density at radius 1 is 1.27 bits per heavy atom. The lowest BCUT2D eigenvalue weighted by Crippen LogP contribution is -2.42. The number of nitrogens with zero attached hydrogens (tertiary/aromatic N) is 1. The topological polar surface area (TPSA) is 79.6 Å². The molecule has 2 atom stereocenters. The molecule has 1 fully saturated rings. The molecule has 1 saturated heterocycles. The highest BCUT2D eigenvalue weighted by molar-refractivity contribution is 7.89. The van der Waals surface area contributed by atoms with E-state index in [0.717, 1.165) is 6.42 Å². The van der Waals surface area contributed by atoms with E-state index in [2.05, 4.69) is 19.2 Å². The number of hydrogen-bond acceptors (Lipinski definition) is 4. The molecule has 1 aliphatic rings. The highest BCUT2D eigenvalue weighted by Crippen LogP contribution is 2.31. The van der Waals surface area contributed by atoms with Crippen molar-refractivity contribution in [3.63, 3.8) is 0 Å². The number of rotatable bonds is 4. The molecule has 1 aliphatic heterocycles. The molecule has 3 rings (SSSR count). The van der Waals surface area contributed by atoms with Crippen molar-refractivity contribution in [1.82, 2.24) is 9.62 Å². The number of fused-ring (bicyclic) bond motifs is 1. The van der Waals surface area contributed by atoms with Crippen LogP contribution in [0.15, 0.2) is 27.5 Å². The summed E-state index contributed by atoms with van der Waals surface area (Å²) in [4.78, 5) is 12.4. The molecule has 1 aromatic heterocycles. The Balaban J connectivity index is 2.00. The van der Waals surface area contributed by atoms with E-state index in [9.17, 15) is 13.2 Å². The van der Waals surface area contributed by atoms with Crippen LogP contribution in [0.2, 0.25) is 0 Å². The van der Waals surface area contributed by atoms with Crippen LogP contribution in [0.5, 0.6) is 0 Å². The van der Waals surface area contributed by atoms with Gasteiger partial charge in [0.1, 0.15) is 5.58 Å². The van der Waals surface area contributed by atoms with Gasteiger partial charge in [0.15, 0.2) is 5.76 Å². The number of sulfonamides is 1. The minimum Gasteiger partial charge on any atom is -0.451 e. The van der Waals surface area contributed by atoms with Gasteiger partial charge >= 0.3 is 0 Å². The van der Waals surface area contributed by atoms with Crippen LogP contribution < -0.4 is 5.32 Å². The molecule has 2 heterocycles. The molecule has 6 nitrogen and oxygen atoms in total. The third-order valence-electron chi connectivity index (χ3n) is 4.92. The van der Waals surface area contributed by atoms with Gasteiger partial charge in [0.25, 0.3) is 5.91 Å². The number of amides is 1. The molecular weight excluding hydrogens is 352 g/mol. The van der Waals surface area contributed by atoms with Crippen LogP contribution in [0.4, 0.5) is 0 Å². The van der Waals surface area contributed by atoms with Crippen molar-refractivity contribution in [2.45, 2.75) is 39.0 Å². The van der Waals surface area contributed by atoms with Gasteiger partial charge in [0.05, 0.1) is 4.90 Å². The van der Waals surface area contributed by atoms with Crippen molar-refractivity contribution in [3.8, 4) is 0 Å². The fraction of sp³-hybridized carbons (Fsp3) is 0.526. The van der Waals surface area contributed by atoms with Crippen molar-refractivity contribution >= 4 is 26.9 Å². The maximum atomic E-state index is 13.1. The van der Waals surface area contributed by atoms with Crippen LogP contribution in [-0.2, 0) is 10.0 Å². The minimum atomic E-state index is -3.57. The molecule has 0 aliphatic carbocycles. The molecule has 7 heteroatoms. The van der Waals surface area contributed by atoms with E-state index in [1.807, 2.05) is 6.92 Å². The predicted octanol–water partition coefficient (Wildman–Crippen LogP) is 3.16. The summed E-state index contributed by atoms with van der Waals surface area (Å²) in [6.07, 6.45) is 1.04. The molecule has 1 aromatic carbocycles. The molecule has 1 N–H and O–H groups in total. The van der Waals surface area contributed by atoms with Crippen LogP contribution in [0, 0.1) is 18.8 Å². The van der Waals surface area contributed by atoms with Crippen LogP contribution in [0.3, 0.4) is 0 Å². The summed E-state index contributed by atoms with van der Waals surface area (Å²) >= 11 is 0. The maximum absolute atomic E-state index is 13.1. The number of aryl methyl sites for hydroxylation is 1. The summed E-state index contributed by atoms with van der Waals surface area (Å²) in [6, 6.07) is 4.82. The van der Waals surface area contributed by atoms with E-state index in [4.69, 9.17) is 4.42 Å². The van der Waals surface area contributed by atoms with Crippen molar-refractivity contribution in [2.75, 3.05) is 19.6 Å². The number of piperidine rings is 1. The standard InChI is InChI=1S/C19H26N2O4S/c1-5-20-19(22)18-14(4)16-9-15(6-7-17(16)25-18)26(23,24)21-10-12(2)8-13(3)11-21/h6-7,9,12-13H,5,8,10-11H2,1-4H3,(H,20,22). The molecule has 1 amide bonds. The molecule has 2 aromatic rings. The van der Waals surface area contributed by atoms with Crippen LogP contribution in [0.25, 0.3) is 11.0 Å². The Bertz CT molecular complexity index is 922. The second-order valence-corrected chi connectivity index (χ2v) is 9.28. The molecule has 142 valence electrons. The first-order valence-corrected chi connectivity index (χ1v) is 10.5. The fourth-order valence-electron chi connectivity index (χ4n) is 3.77. The second-order valence-electron chi connectivity index (χ2n) is 7.34. The summed E-state index contributed by atoms with van der Waals surface area (Å²) in [5.74, 6) is 0.635. The van der Waals surface area contributed by atoms with Gasteiger partial charge in [-0.3, -0.25) is 4.79 Å². The van der Waals surface area contributed by atoms with Gasteiger partial charge in [-0.1, -0.05) is 13.8 Å². The molecule has 2 unspecified atom stereocenters. The fourth-order valence-corrected chi connectivity index (χ4v) is 5.48. The molecule has 0 radical (unpaired) electrons. The summed E-state index contributed by atoms with van der Waals surface area (Å²) in [5, 5.41) is 3.37. The van der Waals surface area contributed by atoms with Crippen LogP contribution >= 0.6 is 0 Å². The van der Waals surface area contributed by atoms with Gasteiger partial charge in [-0.15, -0.1) is 0 Å². The zero-order valence-corrected chi connectivity index (χ0v) is 16.5. The molecule has 26 heavy (non-hydrogen) atoms. The first-order chi connectivity index (χ1) is 12.2. The third kappa shape index (κ3) is 3.38. The van der Waals surface area contributed by atoms with E-state index >= 15 is 0 Å². The Morgan fingerprint density at radius 2 is 1.92 bits per heavy atom. The molecular formula is C19H26N2O4S. The first kappa shape index (κ1) is 18.9. The maximum Gasteiger partial charge on any atom is 0.287 e. The Morgan fingerprint density at radius 3 is 2.54 bits per heavy atom. The highest BCUT2D eigenvalue weighted by atomic mass is 32.2. The highest BCUT2D eigenvalue weighted by Gasteiger charge is 2.32. The van der Waals surface area contributed by atoms with E-state index in [0.29, 0.717) is 48.0 Å². The van der Waals surface area contributed by atoms with E-state index in [1.165, 1.54) is 0 Å². The number of furan rings is 1. The summed E-state index contributed by atoms with van der Waals surface area (Å²) < 4.78 is 33.4. The van der Waals surface area contributed by atoms with Crippen LogP contribution in [-0.4, -0.2) is 38.3 Å². The first-order valence-electron chi connectivity index (χ1n) is 9.05. The van der Waals surface area contributed by atoms with Gasteiger partial charge in [-0.2, -0.15) is 4.31 Å². The monoisotopic (exact) mass is 378 g/mol. The number of benzene rings is 1. The Hall–Kier alpha value is -1.86. The average molecular weight is 378 g/mol. The lowest BCUT2D eigenvalue weighted by molar-refractivity contribution is 0.0929. The van der Waals surface area contributed by atoms with Gasteiger partial charge in [-0.05, 0) is 50.3 Å². The largest absolute Gasteiger partial charge is 0.451 e. The predicted molar refractivity (Wildman–Crippen MR) is 101 cm³/mol. The number of carbonyl (C=O) groups is 1. The normalized spacial score (nSPS) is 21.8. The third-order valence-corrected chi connectivity index (χ3v) is 6.75. The van der Waals surface area contributed by atoms with Crippen molar-refractivity contribution in [1.29, 1.82) is 0 Å². The summed E-state index contributed by atoms with van der Waals surface area (Å²) in [5.41, 5.74) is 1.17. The van der Waals surface area contributed by atoms with Gasteiger partial charge in [0, 0.05) is 30.6 Å². The smallest absolute Gasteiger partial charge is 0.287 e.